The molecule has 27 heavy (non-hydrogen) atoms. The average molecular weight is 362 g/mol. The quantitative estimate of drug-likeness (QED) is 0.709. The summed E-state index contributed by atoms with van der Waals surface area (Å²) in [6.07, 6.45) is 0. The van der Waals surface area contributed by atoms with Gasteiger partial charge in [-0.2, -0.15) is 4.68 Å². The van der Waals surface area contributed by atoms with Crippen molar-refractivity contribution in [2.45, 2.75) is 13.5 Å². The van der Waals surface area contributed by atoms with Gasteiger partial charge >= 0.3 is 0 Å². The van der Waals surface area contributed by atoms with Gasteiger partial charge in [0.25, 0.3) is 5.91 Å². The molecule has 1 aromatic heterocycles. The Morgan fingerprint density at radius 2 is 1.78 bits per heavy atom. The summed E-state index contributed by atoms with van der Waals surface area (Å²) < 4.78 is 1.63. The first-order valence-electron chi connectivity index (χ1n) is 9.12. The first kappa shape index (κ1) is 17.4. The van der Waals surface area contributed by atoms with Crippen LogP contribution in [-0.2, 0) is 6.54 Å². The van der Waals surface area contributed by atoms with Crippen molar-refractivity contribution in [3.05, 3.63) is 71.5 Å². The number of carbonyl (C=O) groups excluding carboxylic acids is 1. The van der Waals surface area contributed by atoms with E-state index >= 15 is 0 Å². The maximum Gasteiger partial charge on any atom is 0.254 e. The van der Waals surface area contributed by atoms with Gasteiger partial charge in [-0.05, 0) is 41.1 Å². The number of hydrogen-bond acceptors (Lipinski definition) is 5. The van der Waals surface area contributed by atoms with Gasteiger partial charge in [0.15, 0.2) is 5.82 Å². The summed E-state index contributed by atoms with van der Waals surface area (Å²) in [5.74, 6) is 0.746. The predicted molar refractivity (Wildman–Crippen MR) is 102 cm³/mol. The molecule has 2 heterocycles. The molecule has 1 saturated heterocycles. The number of hydrogen-bond donors (Lipinski definition) is 0. The van der Waals surface area contributed by atoms with Crippen LogP contribution in [0.3, 0.4) is 0 Å². The van der Waals surface area contributed by atoms with Crippen molar-refractivity contribution >= 4 is 5.91 Å². The summed E-state index contributed by atoms with van der Waals surface area (Å²) in [7, 11) is 0. The number of piperazine rings is 1. The van der Waals surface area contributed by atoms with E-state index in [1.807, 2.05) is 42.2 Å². The molecule has 0 saturated carbocycles. The minimum atomic E-state index is 0.0574. The number of tetrazole rings is 1. The molecule has 7 nitrogen and oxygen atoms in total. The van der Waals surface area contributed by atoms with E-state index in [1.165, 1.54) is 5.56 Å². The van der Waals surface area contributed by atoms with E-state index in [0.717, 1.165) is 38.4 Å². The Kier molecular flexibility index (Phi) is 4.93. The molecule has 0 aliphatic carbocycles. The molecule has 1 amide bonds. The highest BCUT2D eigenvalue weighted by atomic mass is 16.2. The van der Waals surface area contributed by atoms with Crippen LogP contribution < -0.4 is 0 Å². The Bertz CT molecular complexity index is 915. The molecule has 0 bridgehead atoms. The number of nitrogens with zero attached hydrogens (tertiary/aromatic N) is 6. The second-order valence-electron chi connectivity index (χ2n) is 6.74. The molecule has 3 aromatic rings. The summed E-state index contributed by atoms with van der Waals surface area (Å²) >= 11 is 0. The molecule has 1 aliphatic rings. The van der Waals surface area contributed by atoms with Crippen molar-refractivity contribution in [3.8, 4) is 5.69 Å². The fraction of sp³-hybridized carbons (Fsp3) is 0.300. The van der Waals surface area contributed by atoms with Crippen LogP contribution in [0.5, 0.6) is 0 Å². The Labute approximate surface area is 158 Å². The molecule has 138 valence electrons. The van der Waals surface area contributed by atoms with Crippen molar-refractivity contribution in [3.63, 3.8) is 0 Å². The average Bonchev–Trinajstić information content (AvgIpc) is 3.15. The molecular formula is C20H22N6O. The third-order valence-corrected chi connectivity index (χ3v) is 4.87. The van der Waals surface area contributed by atoms with Crippen molar-refractivity contribution in [2.24, 2.45) is 0 Å². The summed E-state index contributed by atoms with van der Waals surface area (Å²) in [6, 6.07) is 17.9. The van der Waals surface area contributed by atoms with E-state index in [0.29, 0.717) is 11.4 Å². The standard InChI is InChI=1S/C20H22N6O/c1-16-21-22-23-26(16)19-9-5-8-18(14-19)20(27)25-12-10-24(11-13-25)15-17-6-3-2-4-7-17/h2-9,14H,10-13,15H2,1H3. The van der Waals surface area contributed by atoms with E-state index in [9.17, 15) is 4.79 Å². The van der Waals surface area contributed by atoms with Crippen LogP contribution in [0.15, 0.2) is 54.6 Å². The molecule has 2 aromatic carbocycles. The number of benzene rings is 2. The zero-order chi connectivity index (χ0) is 18.6. The van der Waals surface area contributed by atoms with Crippen LogP contribution in [-0.4, -0.2) is 62.1 Å². The van der Waals surface area contributed by atoms with Crippen LogP contribution in [0.4, 0.5) is 0 Å². The van der Waals surface area contributed by atoms with Crippen LogP contribution in [0, 0.1) is 6.92 Å². The van der Waals surface area contributed by atoms with Crippen LogP contribution in [0.1, 0.15) is 21.7 Å². The molecular weight excluding hydrogens is 340 g/mol. The van der Waals surface area contributed by atoms with Gasteiger partial charge in [-0.1, -0.05) is 36.4 Å². The zero-order valence-corrected chi connectivity index (χ0v) is 15.3. The van der Waals surface area contributed by atoms with Crippen molar-refractivity contribution < 1.29 is 4.79 Å². The highest BCUT2D eigenvalue weighted by Gasteiger charge is 2.22. The molecule has 0 unspecified atom stereocenters. The molecule has 0 spiro atoms. The molecule has 0 N–H and O–H groups in total. The number of carbonyl (C=O) groups is 1. The first-order chi connectivity index (χ1) is 13.2. The third-order valence-electron chi connectivity index (χ3n) is 4.87. The zero-order valence-electron chi connectivity index (χ0n) is 15.3. The summed E-state index contributed by atoms with van der Waals surface area (Å²) in [6.45, 7) is 6.00. The summed E-state index contributed by atoms with van der Waals surface area (Å²) in [5.41, 5.74) is 2.77. The van der Waals surface area contributed by atoms with Crippen molar-refractivity contribution in [2.75, 3.05) is 26.2 Å². The number of aryl methyl sites for hydroxylation is 1. The topological polar surface area (TPSA) is 67.2 Å². The Balaban J connectivity index is 1.40. The van der Waals surface area contributed by atoms with Crippen molar-refractivity contribution in [1.29, 1.82) is 0 Å². The summed E-state index contributed by atoms with van der Waals surface area (Å²) in [5, 5.41) is 11.5. The van der Waals surface area contributed by atoms with E-state index in [1.54, 1.807) is 4.68 Å². The van der Waals surface area contributed by atoms with E-state index in [-0.39, 0.29) is 5.91 Å². The lowest BCUT2D eigenvalue weighted by Gasteiger charge is -2.34. The Hall–Kier alpha value is -3.06. The second-order valence-corrected chi connectivity index (χ2v) is 6.74. The van der Waals surface area contributed by atoms with Gasteiger partial charge in [0.1, 0.15) is 0 Å². The van der Waals surface area contributed by atoms with Gasteiger partial charge in [-0.25, -0.2) is 0 Å². The van der Waals surface area contributed by atoms with E-state index in [4.69, 9.17) is 0 Å². The minimum Gasteiger partial charge on any atom is -0.336 e. The van der Waals surface area contributed by atoms with Crippen molar-refractivity contribution in [1.82, 2.24) is 30.0 Å². The largest absolute Gasteiger partial charge is 0.336 e. The normalized spacial score (nSPS) is 15.1. The van der Waals surface area contributed by atoms with Gasteiger partial charge in [0, 0.05) is 38.3 Å². The molecule has 1 aliphatic heterocycles. The Morgan fingerprint density at radius 1 is 1.00 bits per heavy atom. The van der Waals surface area contributed by atoms with Gasteiger partial charge in [0.05, 0.1) is 5.69 Å². The first-order valence-corrected chi connectivity index (χ1v) is 9.12. The molecule has 1 fully saturated rings. The second kappa shape index (κ2) is 7.67. The minimum absolute atomic E-state index is 0.0574. The molecule has 0 atom stereocenters. The number of rotatable bonds is 4. The fourth-order valence-corrected chi connectivity index (χ4v) is 3.37. The number of amides is 1. The molecule has 0 radical (unpaired) electrons. The Morgan fingerprint density at radius 3 is 2.48 bits per heavy atom. The monoisotopic (exact) mass is 362 g/mol. The van der Waals surface area contributed by atoms with Gasteiger partial charge in [-0.15, -0.1) is 5.10 Å². The van der Waals surface area contributed by atoms with E-state index in [2.05, 4.69) is 44.7 Å². The molecule has 4 rings (SSSR count). The highest BCUT2D eigenvalue weighted by Crippen LogP contribution is 2.15. The van der Waals surface area contributed by atoms with Crippen LogP contribution in [0.2, 0.25) is 0 Å². The summed E-state index contributed by atoms with van der Waals surface area (Å²) in [4.78, 5) is 17.2. The lowest BCUT2D eigenvalue weighted by molar-refractivity contribution is 0.0628. The predicted octanol–water partition coefficient (Wildman–Crippen LogP) is 1.93. The number of aromatic nitrogens is 4. The van der Waals surface area contributed by atoms with Gasteiger partial charge in [0.2, 0.25) is 0 Å². The molecule has 7 heteroatoms. The fourth-order valence-electron chi connectivity index (χ4n) is 3.37. The maximum absolute atomic E-state index is 12.9. The smallest absolute Gasteiger partial charge is 0.254 e. The third kappa shape index (κ3) is 3.88. The SMILES string of the molecule is Cc1nnnn1-c1cccc(C(=O)N2CCN(Cc3ccccc3)CC2)c1. The lowest BCUT2D eigenvalue weighted by Crippen LogP contribution is -2.48. The maximum atomic E-state index is 12.9. The van der Waals surface area contributed by atoms with Crippen LogP contribution in [0.25, 0.3) is 5.69 Å². The van der Waals surface area contributed by atoms with Gasteiger partial charge in [-0.3, -0.25) is 9.69 Å². The van der Waals surface area contributed by atoms with Crippen LogP contribution >= 0.6 is 0 Å². The lowest BCUT2D eigenvalue weighted by atomic mass is 10.1. The highest BCUT2D eigenvalue weighted by molar-refractivity contribution is 5.94. The van der Waals surface area contributed by atoms with Gasteiger partial charge < -0.3 is 4.90 Å². The van der Waals surface area contributed by atoms with E-state index < -0.39 is 0 Å².